The Hall–Kier alpha value is -1.23. The molecule has 2 unspecified atom stereocenters. The second-order valence-corrected chi connectivity index (χ2v) is 7.03. The van der Waals surface area contributed by atoms with Gasteiger partial charge >= 0.3 is 0 Å². The molecule has 4 heteroatoms. The van der Waals surface area contributed by atoms with Gasteiger partial charge in [-0.15, -0.1) is 11.3 Å². The summed E-state index contributed by atoms with van der Waals surface area (Å²) in [5.41, 5.74) is 2.48. The van der Waals surface area contributed by atoms with E-state index in [4.69, 9.17) is 0 Å². The lowest BCUT2D eigenvalue weighted by molar-refractivity contribution is 0.326. The third-order valence-electron chi connectivity index (χ3n) is 3.53. The van der Waals surface area contributed by atoms with Crippen LogP contribution in [0.1, 0.15) is 40.1 Å². The fourth-order valence-electron chi connectivity index (χ4n) is 2.63. The van der Waals surface area contributed by atoms with Gasteiger partial charge in [0.1, 0.15) is 0 Å². The fourth-order valence-corrected chi connectivity index (χ4v) is 3.57. The number of nitrogens with one attached hydrogen (secondary N) is 1. The zero-order chi connectivity index (χ0) is 15.4. The number of aryl methyl sites for hydroxylation is 2. The average Bonchev–Trinajstić information content (AvgIpc) is 2.77. The number of nitrogens with zero attached hydrogens (tertiary/aromatic N) is 2. The van der Waals surface area contributed by atoms with Crippen LogP contribution in [0.3, 0.4) is 0 Å². The van der Waals surface area contributed by atoms with Gasteiger partial charge in [0, 0.05) is 23.5 Å². The Kier molecular flexibility index (Phi) is 5.51. The monoisotopic (exact) mass is 303 g/mol. The zero-order valence-corrected chi connectivity index (χ0v) is 14.4. The molecule has 0 radical (unpaired) electrons. The normalized spacial score (nSPS) is 14.4. The van der Waals surface area contributed by atoms with Crippen LogP contribution in [0.4, 0.5) is 0 Å². The summed E-state index contributed by atoms with van der Waals surface area (Å²) in [5, 5.41) is 4.90. The van der Waals surface area contributed by atoms with Crippen molar-refractivity contribution in [3.05, 3.63) is 51.5 Å². The number of hydrogen-bond donors (Lipinski definition) is 1. The van der Waals surface area contributed by atoms with Crippen LogP contribution < -0.4 is 5.32 Å². The van der Waals surface area contributed by atoms with Crippen LogP contribution in [0.25, 0.3) is 0 Å². The molecule has 0 bridgehead atoms. The van der Waals surface area contributed by atoms with Gasteiger partial charge in [0.05, 0.1) is 10.7 Å². The molecule has 1 aromatic heterocycles. The molecular weight excluding hydrogens is 278 g/mol. The molecule has 0 saturated heterocycles. The molecule has 1 heterocycles. The van der Waals surface area contributed by atoms with Crippen LogP contribution in [0, 0.1) is 13.8 Å². The van der Waals surface area contributed by atoms with Crippen molar-refractivity contribution in [1.82, 2.24) is 15.2 Å². The van der Waals surface area contributed by atoms with Crippen LogP contribution in [0.2, 0.25) is 0 Å². The Bertz CT molecular complexity index is 563. The summed E-state index contributed by atoms with van der Waals surface area (Å²) in [6.45, 7) is 7.37. The molecule has 0 amide bonds. The van der Waals surface area contributed by atoms with Gasteiger partial charge in [-0.2, -0.15) is 0 Å². The molecule has 1 aromatic carbocycles. The number of rotatable bonds is 6. The maximum Gasteiger partial charge on any atom is 0.0900 e. The predicted octanol–water partition coefficient (Wildman–Crippen LogP) is 3.71. The van der Waals surface area contributed by atoms with E-state index in [1.165, 1.54) is 10.4 Å². The molecule has 2 rings (SSSR count). The van der Waals surface area contributed by atoms with Gasteiger partial charge in [-0.25, -0.2) is 4.98 Å². The first kappa shape index (κ1) is 16.1. The molecule has 0 aliphatic carbocycles. The lowest BCUT2D eigenvalue weighted by Crippen LogP contribution is -2.32. The maximum atomic E-state index is 4.54. The molecule has 0 saturated carbocycles. The minimum absolute atomic E-state index is 0.307. The Labute approximate surface area is 132 Å². The molecule has 0 aliphatic heterocycles. The summed E-state index contributed by atoms with van der Waals surface area (Å²) in [6, 6.07) is 11.3. The molecule has 114 valence electrons. The first-order chi connectivity index (χ1) is 9.97. The minimum atomic E-state index is 0.307. The number of benzene rings is 1. The van der Waals surface area contributed by atoms with E-state index in [2.05, 4.69) is 80.4 Å². The highest BCUT2D eigenvalue weighted by Crippen LogP contribution is 2.27. The van der Waals surface area contributed by atoms with Crippen molar-refractivity contribution < 1.29 is 0 Å². The predicted molar refractivity (Wildman–Crippen MR) is 90.9 cm³/mol. The van der Waals surface area contributed by atoms with Crippen molar-refractivity contribution in [2.75, 3.05) is 20.6 Å². The minimum Gasteiger partial charge on any atom is -0.308 e. The quantitative estimate of drug-likeness (QED) is 0.881. The van der Waals surface area contributed by atoms with E-state index in [1.807, 2.05) is 0 Å². The highest BCUT2D eigenvalue weighted by Gasteiger charge is 2.19. The van der Waals surface area contributed by atoms with Gasteiger partial charge in [-0.3, -0.25) is 0 Å². The van der Waals surface area contributed by atoms with E-state index in [9.17, 15) is 0 Å². The number of thiazole rings is 1. The number of likely N-dealkylation sites (N-methyl/N-ethyl adjacent to an activating group) is 1. The second-order valence-electron chi connectivity index (χ2n) is 5.80. The van der Waals surface area contributed by atoms with E-state index < -0.39 is 0 Å². The van der Waals surface area contributed by atoms with Gasteiger partial charge in [0.2, 0.25) is 0 Å². The van der Waals surface area contributed by atoms with E-state index >= 15 is 0 Å². The second kappa shape index (κ2) is 7.16. The SMILES string of the molecule is Cc1nc(C)c(C(C)NC(CN(C)C)c2ccccc2)s1. The van der Waals surface area contributed by atoms with Gasteiger partial charge < -0.3 is 10.2 Å². The largest absolute Gasteiger partial charge is 0.308 e. The van der Waals surface area contributed by atoms with Gasteiger partial charge in [0.15, 0.2) is 0 Å². The highest BCUT2D eigenvalue weighted by atomic mass is 32.1. The maximum absolute atomic E-state index is 4.54. The number of aromatic nitrogens is 1. The summed E-state index contributed by atoms with van der Waals surface area (Å²) < 4.78 is 0. The lowest BCUT2D eigenvalue weighted by atomic mass is 10.0. The molecule has 0 aliphatic rings. The summed E-state index contributed by atoms with van der Waals surface area (Å²) in [5.74, 6) is 0. The third kappa shape index (κ3) is 4.37. The van der Waals surface area contributed by atoms with Crippen LogP contribution in [-0.2, 0) is 0 Å². The van der Waals surface area contributed by atoms with Gasteiger partial charge in [-0.05, 0) is 40.4 Å². The van der Waals surface area contributed by atoms with Crippen molar-refractivity contribution in [2.24, 2.45) is 0 Å². The Morgan fingerprint density at radius 2 is 1.86 bits per heavy atom. The van der Waals surface area contributed by atoms with Crippen LogP contribution in [-0.4, -0.2) is 30.5 Å². The third-order valence-corrected chi connectivity index (χ3v) is 4.79. The highest BCUT2D eigenvalue weighted by molar-refractivity contribution is 7.11. The zero-order valence-electron chi connectivity index (χ0n) is 13.6. The fraction of sp³-hybridized carbons (Fsp3) is 0.471. The smallest absolute Gasteiger partial charge is 0.0900 e. The molecule has 2 aromatic rings. The van der Waals surface area contributed by atoms with Crippen molar-refractivity contribution in [1.29, 1.82) is 0 Å². The van der Waals surface area contributed by atoms with Crippen LogP contribution in [0.15, 0.2) is 30.3 Å². The van der Waals surface area contributed by atoms with E-state index in [1.54, 1.807) is 11.3 Å². The molecule has 3 nitrogen and oxygen atoms in total. The number of hydrogen-bond acceptors (Lipinski definition) is 4. The van der Waals surface area contributed by atoms with Crippen LogP contribution in [0.5, 0.6) is 0 Å². The van der Waals surface area contributed by atoms with Gasteiger partial charge in [-0.1, -0.05) is 30.3 Å². The summed E-state index contributed by atoms with van der Waals surface area (Å²) in [6.07, 6.45) is 0. The van der Waals surface area contributed by atoms with E-state index in [-0.39, 0.29) is 0 Å². The molecular formula is C17H25N3S. The van der Waals surface area contributed by atoms with Crippen molar-refractivity contribution >= 4 is 11.3 Å². The Balaban J connectivity index is 2.17. The first-order valence-corrected chi connectivity index (χ1v) is 8.18. The van der Waals surface area contributed by atoms with E-state index in [0.29, 0.717) is 12.1 Å². The molecule has 0 spiro atoms. The van der Waals surface area contributed by atoms with E-state index in [0.717, 1.165) is 17.2 Å². The molecule has 2 atom stereocenters. The molecule has 1 N–H and O–H groups in total. The van der Waals surface area contributed by atoms with Crippen molar-refractivity contribution in [2.45, 2.75) is 32.9 Å². The molecule has 0 fully saturated rings. The topological polar surface area (TPSA) is 28.2 Å². The summed E-state index contributed by atoms with van der Waals surface area (Å²) in [4.78, 5) is 8.11. The molecule has 21 heavy (non-hydrogen) atoms. The summed E-state index contributed by atoms with van der Waals surface area (Å²) >= 11 is 1.79. The Morgan fingerprint density at radius 3 is 2.38 bits per heavy atom. The standard InChI is InChI=1S/C17H25N3S/c1-12-17(21-14(3)18-12)13(2)19-16(11-20(4)5)15-9-7-6-8-10-15/h6-10,13,16,19H,11H2,1-5H3. The summed E-state index contributed by atoms with van der Waals surface area (Å²) in [7, 11) is 4.23. The van der Waals surface area contributed by atoms with Crippen molar-refractivity contribution in [3.8, 4) is 0 Å². The average molecular weight is 303 g/mol. The lowest BCUT2D eigenvalue weighted by Gasteiger charge is -2.26. The van der Waals surface area contributed by atoms with Crippen LogP contribution >= 0.6 is 11.3 Å². The van der Waals surface area contributed by atoms with Crippen molar-refractivity contribution in [3.63, 3.8) is 0 Å². The first-order valence-electron chi connectivity index (χ1n) is 7.37. The Morgan fingerprint density at radius 1 is 1.19 bits per heavy atom. The van der Waals surface area contributed by atoms with Gasteiger partial charge in [0.25, 0.3) is 0 Å².